The van der Waals surface area contributed by atoms with Crippen LogP contribution in [0, 0.1) is 10.1 Å². The molecule has 1 unspecified atom stereocenters. The Kier molecular flexibility index (Phi) is 5.82. The molecule has 0 saturated carbocycles. The summed E-state index contributed by atoms with van der Waals surface area (Å²) < 4.78 is 5.32. The number of rotatable bonds is 6. The maximum atomic E-state index is 12.2. The molecule has 0 aromatic heterocycles. The summed E-state index contributed by atoms with van der Waals surface area (Å²) in [6, 6.07) is 13.6. The fraction of sp³-hybridized carbons (Fsp3) is 0.167. The number of hydrogen-bond donors (Lipinski definition) is 1. The van der Waals surface area contributed by atoms with Gasteiger partial charge in [-0.25, -0.2) is 0 Å². The molecule has 1 heterocycles. The fourth-order valence-corrected chi connectivity index (χ4v) is 3.48. The Hall–Kier alpha value is -3.20. The van der Waals surface area contributed by atoms with Crippen LogP contribution in [0.5, 0.6) is 5.75 Å². The van der Waals surface area contributed by atoms with Crippen LogP contribution in [0.3, 0.4) is 0 Å². The molecule has 1 aliphatic rings. The van der Waals surface area contributed by atoms with E-state index in [4.69, 9.17) is 4.74 Å². The lowest BCUT2D eigenvalue weighted by atomic mass is 10.1. The third-order valence-corrected chi connectivity index (χ3v) is 4.88. The summed E-state index contributed by atoms with van der Waals surface area (Å²) >= 11 is 1.29. The van der Waals surface area contributed by atoms with Gasteiger partial charge in [-0.15, -0.1) is 5.10 Å². The molecular formula is C18H16N4O4S. The highest BCUT2D eigenvalue weighted by Crippen LogP contribution is 2.27. The van der Waals surface area contributed by atoms with E-state index in [1.54, 1.807) is 19.2 Å². The third-order valence-electron chi connectivity index (χ3n) is 3.81. The second kappa shape index (κ2) is 8.45. The second-order valence-corrected chi connectivity index (χ2v) is 6.80. The first kappa shape index (κ1) is 18.6. The number of amides is 1. The standard InChI is InChI=1S/C18H16N4O4S/c1-26-15-8-3-2-6-13(15)10-16-17(23)20-18(27-16)21-19-11-12-5-4-7-14(9-12)22(24)25/h2-9,11,16H,10H2,1H3,(H,20,21,23)/b19-11-. The Morgan fingerprint density at radius 1 is 1.30 bits per heavy atom. The van der Waals surface area contributed by atoms with Gasteiger partial charge in [-0.1, -0.05) is 42.1 Å². The van der Waals surface area contributed by atoms with Crippen LogP contribution in [0.1, 0.15) is 11.1 Å². The molecule has 138 valence electrons. The number of ether oxygens (including phenoxy) is 1. The Labute approximate surface area is 159 Å². The molecule has 2 aromatic carbocycles. The van der Waals surface area contributed by atoms with E-state index in [0.717, 1.165) is 11.3 Å². The van der Waals surface area contributed by atoms with E-state index < -0.39 is 4.92 Å². The molecule has 1 atom stereocenters. The predicted octanol–water partition coefficient (Wildman–Crippen LogP) is 2.77. The maximum Gasteiger partial charge on any atom is 0.270 e. The number of amidine groups is 1. The van der Waals surface area contributed by atoms with Crippen molar-refractivity contribution in [1.29, 1.82) is 0 Å². The molecular weight excluding hydrogens is 368 g/mol. The Morgan fingerprint density at radius 2 is 2.11 bits per heavy atom. The molecule has 1 amide bonds. The van der Waals surface area contributed by atoms with Gasteiger partial charge >= 0.3 is 0 Å². The van der Waals surface area contributed by atoms with Gasteiger partial charge in [-0.05, 0) is 18.1 Å². The number of carbonyl (C=O) groups is 1. The minimum atomic E-state index is -0.473. The molecule has 1 N–H and O–H groups in total. The van der Waals surface area contributed by atoms with E-state index in [1.807, 2.05) is 24.3 Å². The molecule has 1 fully saturated rings. The summed E-state index contributed by atoms with van der Waals surface area (Å²) in [5.41, 5.74) is 1.47. The zero-order chi connectivity index (χ0) is 19.2. The van der Waals surface area contributed by atoms with E-state index >= 15 is 0 Å². The van der Waals surface area contributed by atoms with E-state index in [2.05, 4.69) is 15.5 Å². The van der Waals surface area contributed by atoms with Crippen molar-refractivity contribution >= 4 is 34.7 Å². The van der Waals surface area contributed by atoms with Gasteiger partial charge in [0.05, 0.1) is 23.5 Å². The van der Waals surface area contributed by atoms with Gasteiger partial charge < -0.3 is 10.1 Å². The molecule has 2 aromatic rings. The Morgan fingerprint density at radius 3 is 2.89 bits per heavy atom. The number of non-ortho nitro benzene ring substituents is 1. The quantitative estimate of drug-likeness (QED) is 0.468. The number of nitrogens with zero attached hydrogens (tertiary/aromatic N) is 3. The zero-order valence-electron chi connectivity index (χ0n) is 14.4. The highest BCUT2D eigenvalue weighted by atomic mass is 32.2. The van der Waals surface area contributed by atoms with Gasteiger partial charge in [0, 0.05) is 17.7 Å². The van der Waals surface area contributed by atoms with Gasteiger partial charge in [0.2, 0.25) is 5.91 Å². The van der Waals surface area contributed by atoms with Crippen molar-refractivity contribution in [2.24, 2.45) is 10.2 Å². The minimum Gasteiger partial charge on any atom is -0.496 e. The number of para-hydroxylation sites is 1. The molecule has 0 radical (unpaired) electrons. The minimum absolute atomic E-state index is 0.0213. The highest BCUT2D eigenvalue weighted by molar-refractivity contribution is 8.15. The molecule has 1 aliphatic heterocycles. The largest absolute Gasteiger partial charge is 0.496 e. The summed E-state index contributed by atoms with van der Waals surface area (Å²) in [4.78, 5) is 22.5. The van der Waals surface area contributed by atoms with Crippen molar-refractivity contribution in [2.45, 2.75) is 11.7 Å². The average molecular weight is 384 g/mol. The summed E-state index contributed by atoms with van der Waals surface area (Å²) in [7, 11) is 1.59. The van der Waals surface area contributed by atoms with Crippen LogP contribution in [0.15, 0.2) is 58.7 Å². The summed E-state index contributed by atoms with van der Waals surface area (Å²) in [6.07, 6.45) is 1.91. The number of thioether (sulfide) groups is 1. The fourth-order valence-electron chi connectivity index (χ4n) is 2.52. The van der Waals surface area contributed by atoms with Gasteiger partial charge in [-0.3, -0.25) is 14.9 Å². The van der Waals surface area contributed by atoms with Gasteiger partial charge in [0.1, 0.15) is 5.75 Å². The zero-order valence-corrected chi connectivity index (χ0v) is 15.2. The number of nitro groups is 1. The van der Waals surface area contributed by atoms with Gasteiger partial charge in [0.15, 0.2) is 5.17 Å². The lowest BCUT2D eigenvalue weighted by molar-refractivity contribution is -0.384. The van der Waals surface area contributed by atoms with Gasteiger partial charge in [-0.2, -0.15) is 5.10 Å². The van der Waals surface area contributed by atoms with Crippen LogP contribution < -0.4 is 10.1 Å². The predicted molar refractivity (Wildman–Crippen MR) is 104 cm³/mol. The number of nitrogens with one attached hydrogen (secondary N) is 1. The van der Waals surface area contributed by atoms with Crippen molar-refractivity contribution < 1.29 is 14.5 Å². The van der Waals surface area contributed by atoms with Crippen molar-refractivity contribution in [2.75, 3.05) is 7.11 Å². The molecule has 0 spiro atoms. The van der Waals surface area contributed by atoms with Crippen LogP contribution in [-0.2, 0) is 11.2 Å². The molecule has 27 heavy (non-hydrogen) atoms. The first-order chi connectivity index (χ1) is 13.1. The van der Waals surface area contributed by atoms with Crippen molar-refractivity contribution in [3.63, 3.8) is 0 Å². The van der Waals surface area contributed by atoms with Crippen LogP contribution in [0.2, 0.25) is 0 Å². The molecule has 8 nitrogen and oxygen atoms in total. The number of hydrogen-bond acceptors (Lipinski definition) is 7. The second-order valence-electron chi connectivity index (χ2n) is 5.61. The lowest BCUT2D eigenvalue weighted by Gasteiger charge is -2.09. The van der Waals surface area contributed by atoms with Crippen LogP contribution >= 0.6 is 11.8 Å². The van der Waals surface area contributed by atoms with E-state index in [9.17, 15) is 14.9 Å². The molecule has 3 rings (SSSR count). The first-order valence-electron chi connectivity index (χ1n) is 8.01. The highest BCUT2D eigenvalue weighted by Gasteiger charge is 2.31. The maximum absolute atomic E-state index is 12.2. The number of benzene rings is 2. The third kappa shape index (κ3) is 4.70. The SMILES string of the molecule is COc1ccccc1CC1S/C(=N\N=C/c2cccc([N+](=O)[O-])c2)NC1=O. The summed E-state index contributed by atoms with van der Waals surface area (Å²) in [5, 5.41) is 21.4. The molecule has 1 saturated heterocycles. The van der Waals surface area contributed by atoms with Crippen LogP contribution in [-0.4, -0.2) is 34.6 Å². The van der Waals surface area contributed by atoms with Crippen molar-refractivity contribution in [3.8, 4) is 5.75 Å². The van der Waals surface area contributed by atoms with E-state index in [0.29, 0.717) is 17.2 Å². The van der Waals surface area contributed by atoms with E-state index in [-0.39, 0.29) is 16.8 Å². The number of nitro benzene ring substituents is 1. The molecule has 0 bridgehead atoms. The smallest absolute Gasteiger partial charge is 0.270 e. The van der Waals surface area contributed by atoms with Crippen molar-refractivity contribution in [1.82, 2.24) is 5.32 Å². The normalized spacial score (nSPS) is 18.0. The Balaban J connectivity index is 1.66. The first-order valence-corrected chi connectivity index (χ1v) is 8.89. The summed E-state index contributed by atoms with van der Waals surface area (Å²) in [5.74, 6) is 0.593. The number of methoxy groups -OCH3 is 1. The lowest BCUT2D eigenvalue weighted by Crippen LogP contribution is -2.26. The average Bonchev–Trinajstić information content (AvgIpc) is 3.01. The Bertz CT molecular complexity index is 929. The van der Waals surface area contributed by atoms with Crippen molar-refractivity contribution in [3.05, 3.63) is 69.8 Å². The monoisotopic (exact) mass is 384 g/mol. The van der Waals surface area contributed by atoms with Crippen LogP contribution in [0.25, 0.3) is 0 Å². The molecule has 0 aliphatic carbocycles. The summed E-state index contributed by atoms with van der Waals surface area (Å²) in [6.45, 7) is 0. The van der Waals surface area contributed by atoms with E-state index in [1.165, 1.54) is 30.1 Å². The van der Waals surface area contributed by atoms with Crippen LogP contribution in [0.4, 0.5) is 5.69 Å². The molecule has 9 heteroatoms. The topological polar surface area (TPSA) is 106 Å². The number of carbonyl (C=O) groups excluding carboxylic acids is 1. The van der Waals surface area contributed by atoms with Gasteiger partial charge in [0.25, 0.3) is 5.69 Å².